The third kappa shape index (κ3) is 3.47. The topological polar surface area (TPSA) is 46.6 Å². The number of carbonyl (C=O) groups is 2. The van der Waals surface area contributed by atoms with Crippen LogP contribution in [0.25, 0.3) is 0 Å². The standard InChI is InChI=1S/C14H23NO3/c1-2-18-13(16)10-15(12-8-9-12)14(17)11-6-4-3-5-7-11/h11-12H,2-10H2,1H3. The van der Waals surface area contributed by atoms with E-state index in [9.17, 15) is 9.59 Å². The number of hydrogen-bond acceptors (Lipinski definition) is 3. The van der Waals surface area contributed by atoms with Gasteiger partial charge in [-0.3, -0.25) is 9.59 Å². The van der Waals surface area contributed by atoms with E-state index < -0.39 is 0 Å². The van der Waals surface area contributed by atoms with Crippen molar-refractivity contribution in [1.82, 2.24) is 4.90 Å². The van der Waals surface area contributed by atoms with Crippen LogP contribution in [0.4, 0.5) is 0 Å². The molecule has 0 spiro atoms. The number of hydrogen-bond donors (Lipinski definition) is 0. The molecule has 0 bridgehead atoms. The summed E-state index contributed by atoms with van der Waals surface area (Å²) in [5.41, 5.74) is 0. The predicted octanol–water partition coefficient (Wildman–Crippen LogP) is 2.12. The monoisotopic (exact) mass is 253 g/mol. The molecule has 1 amide bonds. The number of rotatable bonds is 5. The van der Waals surface area contributed by atoms with Gasteiger partial charge in [-0.25, -0.2) is 0 Å². The summed E-state index contributed by atoms with van der Waals surface area (Å²) >= 11 is 0. The van der Waals surface area contributed by atoms with Crippen LogP contribution < -0.4 is 0 Å². The summed E-state index contributed by atoms with van der Waals surface area (Å²) in [6.07, 6.45) is 7.60. The number of nitrogens with zero attached hydrogens (tertiary/aromatic N) is 1. The molecule has 0 aromatic rings. The van der Waals surface area contributed by atoms with E-state index >= 15 is 0 Å². The average Bonchev–Trinajstić information content (AvgIpc) is 3.21. The SMILES string of the molecule is CCOC(=O)CN(C(=O)C1CCCCC1)C1CC1. The van der Waals surface area contributed by atoms with Gasteiger partial charge in [0, 0.05) is 12.0 Å². The summed E-state index contributed by atoms with van der Waals surface area (Å²) in [5, 5.41) is 0. The molecule has 0 heterocycles. The Bertz CT molecular complexity index is 306. The van der Waals surface area contributed by atoms with Crippen molar-refractivity contribution in [2.75, 3.05) is 13.2 Å². The summed E-state index contributed by atoms with van der Waals surface area (Å²) in [6.45, 7) is 2.32. The van der Waals surface area contributed by atoms with Gasteiger partial charge >= 0.3 is 5.97 Å². The number of amides is 1. The second-order valence-corrected chi connectivity index (χ2v) is 5.34. The largest absolute Gasteiger partial charge is 0.465 e. The zero-order chi connectivity index (χ0) is 13.0. The highest BCUT2D eigenvalue weighted by Crippen LogP contribution is 2.32. The van der Waals surface area contributed by atoms with Crippen LogP contribution in [0, 0.1) is 5.92 Å². The maximum Gasteiger partial charge on any atom is 0.325 e. The molecule has 0 aromatic carbocycles. The molecule has 4 heteroatoms. The summed E-state index contributed by atoms with van der Waals surface area (Å²) in [6, 6.07) is 0.295. The number of ether oxygens (including phenoxy) is 1. The number of carbonyl (C=O) groups excluding carboxylic acids is 2. The highest BCUT2D eigenvalue weighted by atomic mass is 16.5. The summed E-state index contributed by atoms with van der Waals surface area (Å²) < 4.78 is 4.95. The quantitative estimate of drug-likeness (QED) is 0.705. The van der Waals surface area contributed by atoms with Gasteiger partial charge in [0.15, 0.2) is 0 Å². The van der Waals surface area contributed by atoms with Crippen LogP contribution in [-0.4, -0.2) is 36.0 Å². The smallest absolute Gasteiger partial charge is 0.325 e. The molecular weight excluding hydrogens is 230 g/mol. The lowest BCUT2D eigenvalue weighted by molar-refractivity contribution is -0.151. The van der Waals surface area contributed by atoms with Crippen LogP contribution in [-0.2, 0) is 14.3 Å². The first-order chi connectivity index (χ1) is 8.72. The highest BCUT2D eigenvalue weighted by Gasteiger charge is 2.37. The minimum absolute atomic E-state index is 0.147. The fourth-order valence-corrected chi connectivity index (χ4v) is 2.70. The molecule has 0 N–H and O–H groups in total. The number of esters is 1. The Morgan fingerprint density at radius 2 is 1.78 bits per heavy atom. The molecule has 0 aromatic heterocycles. The molecule has 0 atom stereocenters. The van der Waals surface area contributed by atoms with Crippen LogP contribution in [0.5, 0.6) is 0 Å². The molecule has 2 saturated carbocycles. The van der Waals surface area contributed by atoms with Gasteiger partial charge in [0.05, 0.1) is 6.61 Å². The van der Waals surface area contributed by atoms with Gasteiger partial charge in [0.2, 0.25) is 5.91 Å². The van der Waals surface area contributed by atoms with Crippen molar-refractivity contribution in [3.63, 3.8) is 0 Å². The maximum atomic E-state index is 12.4. The Morgan fingerprint density at radius 3 is 2.33 bits per heavy atom. The van der Waals surface area contributed by atoms with E-state index in [0.717, 1.165) is 38.5 Å². The maximum absolute atomic E-state index is 12.4. The molecule has 0 aliphatic heterocycles. The highest BCUT2D eigenvalue weighted by molar-refractivity contribution is 5.84. The molecule has 102 valence electrons. The van der Waals surface area contributed by atoms with Gasteiger partial charge in [-0.1, -0.05) is 19.3 Å². The zero-order valence-electron chi connectivity index (χ0n) is 11.2. The van der Waals surface area contributed by atoms with Crippen LogP contribution in [0.3, 0.4) is 0 Å². The van der Waals surface area contributed by atoms with E-state index in [1.807, 2.05) is 0 Å². The van der Waals surface area contributed by atoms with E-state index in [4.69, 9.17) is 4.74 Å². The Kier molecular flexibility index (Phi) is 4.61. The predicted molar refractivity (Wildman–Crippen MR) is 67.9 cm³/mol. The normalized spacial score (nSPS) is 20.5. The first kappa shape index (κ1) is 13.4. The van der Waals surface area contributed by atoms with E-state index in [0.29, 0.717) is 12.6 Å². The lowest BCUT2D eigenvalue weighted by Gasteiger charge is -2.28. The van der Waals surface area contributed by atoms with Crippen molar-refractivity contribution in [1.29, 1.82) is 0 Å². The Labute approximate surface area is 109 Å². The molecule has 0 unspecified atom stereocenters. The average molecular weight is 253 g/mol. The van der Waals surface area contributed by atoms with E-state index in [-0.39, 0.29) is 24.3 Å². The molecule has 2 rings (SSSR count). The first-order valence-corrected chi connectivity index (χ1v) is 7.18. The van der Waals surface area contributed by atoms with Gasteiger partial charge in [-0.2, -0.15) is 0 Å². The van der Waals surface area contributed by atoms with Gasteiger partial charge in [0.1, 0.15) is 6.54 Å². The second kappa shape index (κ2) is 6.21. The van der Waals surface area contributed by atoms with Crippen LogP contribution in [0.15, 0.2) is 0 Å². The van der Waals surface area contributed by atoms with E-state index in [1.54, 1.807) is 11.8 Å². The molecule has 2 aliphatic carbocycles. The van der Waals surface area contributed by atoms with Crippen molar-refractivity contribution in [3.8, 4) is 0 Å². The fraction of sp³-hybridized carbons (Fsp3) is 0.857. The van der Waals surface area contributed by atoms with Gasteiger partial charge in [0.25, 0.3) is 0 Å². The Balaban J connectivity index is 1.91. The summed E-state index contributed by atoms with van der Waals surface area (Å²) in [7, 11) is 0. The summed E-state index contributed by atoms with van der Waals surface area (Å²) in [5.74, 6) is 0.0626. The van der Waals surface area contributed by atoms with Crippen LogP contribution in [0.1, 0.15) is 51.9 Å². The zero-order valence-corrected chi connectivity index (χ0v) is 11.2. The molecule has 18 heavy (non-hydrogen) atoms. The molecule has 2 fully saturated rings. The van der Waals surface area contributed by atoms with Crippen molar-refractivity contribution in [2.24, 2.45) is 5.92 Å². The minimum atomic E-state index is -0.270. The van der Waals surface area contributed by atoms with Crippen LogP contribution >= 0.6 is 0 Å². The lowest BCUT2D eigenvalue weighted by atomic mass is 9.88. The van der Waals surface area contributed by atoms with E-state index in [1.165, 1.54) is 6.42 Å². The van der Waals surface area contributed by atoms with Gasteiger partial charge in [-0.05, 0) is 32.6 Å². The minimum Gasteiger partial charge on any atom is -0.465 e. The van der Waals surface area contributed by atoms with Crippen LogP contribution in [0.2, 0.25) is 0 Å². The third-order valence-electron chi connectivity index (χ3n) is 3.83. The van der Waals surface area contributed by atoms with Crippen molar-refractivity contribution < 1.29 is 14.3 Å². The molecular formula is C14H23NO3. The van der Waals surface area contributed by atoms with Crippen molar-refractivity contribution >= 4 is 11.9 Å². The van der Waals surface area contributed by atoms with Gasteiger partial charge in [-0.15, -0.1) is 0 Å². The third-order valence-corrected chi connectivity index (χ3v) is 3.83. The molecule has 2 aliphatic rings. The molecule has 4 nitrogen and oxygen atoms in total. The Morgan fingerprint density at radius 1 is 1.11 bits per heavy atom. The van der Waals surface area contributed by atoms with Crippen molar-refractivity contribution in [3.05, 3.63) is 0 Å². The molecule has 0 radical (unpaired) electrons. The van der Waals surface area contributed by atoms with E-state index in [2.05, 4.69) is 0 Å². The Hall–Kier alpha value is -1.06. The van der Waals surface area contributed by atoms with Crippen molar-refractivity contribution in [2.45, 2.75) is 57.9 Å². The molecule has 0 saturated heterocycles. The second-order valence-electron chi connectivity index (χ2n) is 5.34. The summed E-state index contributed by atoms with van der Waals surface area (Å²) in [4.78, 5) is 25.8. The fourth-order valence-electron chi connectivity index (χ4n) is 2.70. The lowest BCUT2D eigenvalue weighted by Crippen LogP contribution is -2.42. The first-order valence-electron chi connectivity index (χ1n) is 7.18. The van der Waals surface area contributed by atoms with Gasteiger partial charge < -0.3 is 9.64 Å².